The molecule has 1 N–H and O–H groups in total. The Morgan fingerprint density at radius 2 is 1.68 bits per heavy atom. The van der Waals surface area contributed by atoms with E-state index < -0.39 is 12.0 Å². The molecule has 0 radical (unpaired) electrons. The smallest absolute Gasteiger partial charge is 0.328 e. The Hall–Kier alpha value is -4.20. The summed E-state index contributed by atoms with van der Waals surface area (Å²) in [4.78, 5) is 44.1. The van der Waals surface area contributed by atoms with Gasteiger partial charge in [0.05, 0.1) is 7.11 Å². The summed E-state index contributed by atoms with van der Waals surface area (Å²) >= 11 is 0. The van der Waals surface area contributed by atoms with Crippen molar-refractivity contribution in [3.8, 4) is 5.75 Å². The van der Waals surface area contributed by atoms with E-state index in [0.29, 0.717) is 45.4 Å². The number of likely N-dealkylation sites (tertiary alicyclic amines) is 1. The fourth-order valence-corrected chi connectivity index (χ4v) is 4.87. The van der Waals surface area contributed by atoms with Crippen molar-refractivity contribution in [2.24, 2.45) is 5.92 Å². The number of aromatic nitrogens is 1. The van der Waals surface area contributed by atoms with Crippen LogP contribution in [0.2, 0.25) is 0 Å². The normalized spacial score (nSPS) is 14.3. The minimum absolute atomic E-state index is 0.121. The lowest BCUT2D eigenvalue weighted by molar-refractivity contribution is -0.145. The lowest BCUT2D eigenvalue weighted by Gasteiger charge is -2.32. The number of nitrogens with zero attached hydrogens (tertiary/aromatic N) is 2. The van der Waals surface area contributed by atoms with Crippen molar-refractivity contribution >= 4 is 17.8 Å². The number of piperidine rings is 1. The van der Waals surface area contributed by atoms with Gasteiger partial charge in [-0.3, -0.25) is 14.6 Å². The van der Waals surface area contributed by atoms with Crippen LogP contribution in [0.1, 0.15) is 42.5 Å². The average Bonchev–Trinajstić information content (AvgIpc) is 3.00. The standard InChI is InChI=1S/C32H37N3O5/c1-39-32(38)29(21-24-10-13-28(14-11-24)40-23-26-7-3-2-4-8-26)34-30(36)22-25-16-19-35(20-17-25)31(37)15-12-27-9-5-6-18-33-27/h2-11,13-14,18,25,29H,12,15-17,19-23H2,1H3,(H,34,36)/t29-/m0/s1. The van der Waals surface area contributed by atoms with E-state index in [4.69, 9.17) is 9.47 Å². The van der Waals surface area contributed by atoms with Crippen molar-refractivity contribution in [3.63, 3.8) is 0 Å². The molecule has 210 valence electrons. The van der Waals surface area contributed by atoms with Crippen molar-refractivity contribution in [2.75, 3.05) is 20.2 Å². The first-order chi connectivity index (χ1) is 19.5. The van der Waals surface area contributed by atoms with Crippen LogP contribution in [0, 0.1) is 5.92 Å². The molecule has 4 rings (SSSR count). The quantitative estimate of drug-likeness (QED) is 0.345. The van der Waals surface area contributed by atoms with Gasteiger partial charge in [0.15, 0.2) is 0 Å². The zero-order chi connectivity index (χ0) is 28.2. The molecule has 0 saturated carbocycles. The maximum absolute atomic E-state index is 12.9. The predicted molar refractivity (Wildman–Crippen MR) is 151 cm³/mol. The van der Waals surface area contributed by atoms with Gasteiger partial charge >= 0.3 is 5.97 Å². The molecule has 1 saturated heterocycles. The van der Waals surface area contributed by atoms with Crippen LogP contribution in [0.4, 0.5) is 0 Å². The Morgan fingerprint density at radius 1 is 0.950 bits per heavy atom. The molecular weight excluding hydrogens is 506 g/mol. The molecule has 3 aromatic rings. The highest BCUT2D eigenvalue weighted by Crippen LogP contribution is 2.22. The van der Waals surface area contributed by atoms with Gasteiger partial charge in [-0.25, -0.2) is 4.79 Å². The number of esters is 1. The maximum Gasteiger partial charge on any atom is 0.328 e. The van der Waals surface area contributed by atoms with Gasteiger partial charge in [0.2, 0.25) is 11.8 Å². The van der Waals surface area contributed by atoms with Crippen LogP contribution < -0.4 is 10.1 Å². The van der Waals surface area contributed by atoms with E-state index in [1.807, 2.05) is 77.7 Å². The number of ether oxygens (including phenoxy) is 2. The van der Waals surface area contributed by atoms with Crippen LogP contribution in [-0.4, -0.2) is 53.9 Å². The van der Waals surface area contributed by atoms with E-state index in [0.717, 1.165) is 35.4 Å². The number of rotatable bonds is 12. The van der Waals surface area contributed by atoms with Crippen molar-refractivity contribution in [1.82, 2.24) is 15.2 Å². The van der Waals surface area contributed by atoms with E-state index in [1.165, 1.54) is 7.11 Å². The highest BCUT2D eigenvalue weighted by atomic mass is 16.5. The van der Waals surface area contributed by atoms with Crippen LogP contribution >= 0.6 is 0 Å². The van der Waals surface area contributed by atoms with Crippen LogP contribution in [0.5, 0.6) is 5.75 Å². The first kappa shape index (κ1) is 28.8. The summed E-state index contributed by atoms with van der Waals surface area (Å²) in [5, 5.41) is 2.86. The molecule has 1 aromatic heterocycles. The summed E-state index contributed by atoms with van der Waals surface area (Å²) in [5.41, 5.74) is 2.88. The fourth-order valence-electron chi connectivity index (χ4n) is 4.87. The van der Waals surface area contributed by atoms with Crippen molar-refractivity contribution in [1.29, 1.82) is 0 Å². The molecule has 0 bridgehead atoms. The van der Waals surface area contributed by atoms with E-state index in [2.05, 4.69) is 10.3 Å². The molecule has 1 atom stereocenters. The first-order valence-electron chi connectivity index (χ1n) is 13.8. The van der Waals surface area contributed by atoms with Gasteiger partial charge in [0, 0.05) is 44.2 Å². The molecule has 8 heteroatoms. The Morgan fingerprint density at radius 3 is 2.35 bits per heavy atom. The van der Waals surface area contributed by atoms with Gasteiger partial charge in [-0.1, -0.05) is 48.5 Å². The molecule has 40 heavy (non-hydrogen) atoms. The lowest BCUT2D eigenvalue weighted by atomic mass is 9.92. The molecular formula is C32H37N3O5. The molecule has 1 fully saturated rings. The molecule has 8 nitrogen and oxygen atoms in total. The molecule has 2 aromatic carbocycles. The number of hydrogen-bond donors (Lipinski definition) is 1. The van der Waals surface area contributed by atoms with E-state index in [9.17, 15) is 14.4 Å². The summed E-state index contributed by atoms with van der Waals surface area (Å²) in [6.45, 7) is 1.75. The second-order valence-electron chi connectivity index (χ2n) is 10.1. The molecule has 1 aliphatic rings. The van der Waals surface area contributed by atoms with Crippen molar-refractivity contribution < 1.29 is 23.9 Å². The van der Waals surface area contributed by atoms with Gasteiger partial charge in [-0.05, 0) is 60.6 Å². The van der Waals surface area contributed by atoms with Crippen LogP contribution in [0.15, 0.2) is 79.0 Å². The maximum atomic E-state index is 12.9. The third-order valence-electron chi connectivity index (χ3n) is 7.19. The van der Waals surface area contributed by atoms with Crippen LogP contribution in [-0.2, 0) is 38.6 Å². The highest BCUT2D eigenvalue weighted by Gasteiger charge is 2.27. The Balaban J connectivity index is 1.21. The summed E-state index contributed by atoms with van der Waals surface area (Å²) in [6.07, 6.45) is 4.95. The number of aryl methyl sites for hydroxylation is 1. The second kappa shape index (κ2) is 14.8. The SMILES string of the molecule is COC(=O)[C@H](Cc1ccc(OCc2ccccc2)cc1)NC(=O)CC1CCN(C(=O)CCc2ccccn2)CC1. The van der Waals surface area contributed by atoms with E-state index >= 15 is 0 Å². The predicted octanol–water partition coefficient (Wildman–Crippen LogP) is 4.12. The summed E-state index contributed by atoms with van der Waals surface area (Å²) in [7, 11) is 1.32. The van der Waals surface area contributed by atoms with Gasteiger partial charge in [-0.15, -0.1) is 0 Å². The molecule has 1 aliphatic heterocycles. The number of nitrogens with one attached hydrogen (secondary N) is 1. The number of benzene rings is 2. The van der Waals surface area contributed by atoms with Gasteiger partial charge in [0.25, 0.3) is 0 Å². The Bertz CT molecular complexity index is 1230. The van der Waals surface area contributed by atoms with Crippen LogP contribution in [0.3, 0.4) is 0 Å². The summed E-state index contributed by atoms with van der Waals surface area (Å²) in [5.74, 6) is 0.354. The number of methoxy groups -OCH3 is 1. The number of amides is 2. The van der Waals surface area contributed by atoms with Gasteiger partial charge < -0.3 is 19.7 Å². The van der Waals surface area contributed by atoms with Gasteiger partial charge in [0.1, 0.15) is 18.4 Å². The summed E-state index contributed by atoms with van der Waals surface area (Å²) < 4.78 is 10.8. The highest BCUT2D eigenvalue weighted by molar-refractivity contribution is 5.84. The third kappa shape index (κ3) is 8.93. The minimum atomic E-state index is -0.776. The third-order valence-corrected chi connectivity index (χ3v) is 7.19. The molecule has 0 aliphatic carbocycles. The minimum Gasteiger partial charge on any atom is -0.489 e. The molecule has 2 heterocycles. The topological polar surface area (TPSA) is 97.8 Å². The first-order valence-corrected chi connectivity index (χ1v) is 13.8. The second-order valence-corrected chi connectivity index (χ2v) is 10.1. The Kier molecular flexibility index (Phi) is 10.7. The van der Waals surface area contributed by atoms with Gasteiger partial charge in [-0.2, -0.15) is 0 Å². The Labute approximate surface area is 235 Å². The monoisotopic (exact) mass is 543 g/mol. The largest absolute Gasteiger partial charge is 0.489 e. The number of carbonyl (C=O) groups excluding carboxylic acids is 3. The zero-order valence-electron chi connectivity index (χ0n) is 23.0. The molecule has 0 unspecified atom stereocenters. The van der Waals surface area contributed by atoms with Crippen molar-refractivity contribution in [2.45, 2.75) is 51.2 Å². The lowest BCUT2D eigenvalue weighted by Crippen LogP contribution is -2.44. The number of hydrogen-bond acceptors (Lipinski definition) is 6. The van der Waals surface area contributed by atoms with Crippen LogP contribution in [0.25, 0.3) is 0 Å². The van der Waals surface area contributed by atoms with E-state index in [-0.39, 0.29) is 17.7 Å². The fraction of sp³-hybridized carbons (Fsp3) is 0.375. The average molecular weight is 544 g/mol. The summed E-state index contributed by atoms with van der Waals surface area (Å²) in [6, 6.07) is 22.4. The molecule has 2 amide bonds. The van der Waals surface area contributed by atoms with E-state index in [1.54, 1.807) is 6.20 Å². The number of pyridine rings is 1. The number of carbonyl (C=O) groups is 3. The van der Waals surface area contributed by atoms with Crippen molar-refractivity contribution in [3.05, 3.63) is 95.8 Å². The molecule has 0 spiro atoms. The zero-order valence-corrected chi connectivity index (χ0v) is 23.0.